The third-order valence-corrected chi connectivity index (χ3v) is 3.98. The van der Waals surface area contributed by atoms with Crippen LogP contribution in [-0.4, -0.2) is 42.2 Å². The lowest BCUT2D eigenvalue weighted by Crippen LogP contribution is -2.36. The van der Waals surface area contributed by atoms with Gasteiger partial charge in [0.25, 0.3) is 0 Å². The van der Waals surface area contributed by atoms with Crippen LogP contribution in [0.5, 0.6) is 0 Å². The second-order valence-corrected chi connectivity index (χ2v) is 5.72. The Morgan fingerprint density at radius 1 is 1.17 bits per heavy atom. The van der Waals surface area contributed by atoms with Gasteiger partial charge in [-0.15, -0.1) is 0 Å². The van der Waals surface area contributed by atoms with Crippen molar-refractivity contribution in [1.29, 1.82) is 0 Å². The van der Waals surface area contributed by atoms with Gasteiger partial charge in [-0.05, 0) is 36.2 Å². The number of pyridine rings is 2. The van der Waals surface area contributed by atoms with Crippen LogP contribution in [-0.2, 0) is 22.5 Å². The number of morpholine rings is 1. The molecule has 0 radical (unpaired) electrons. The van der Waals surface area contributed by atoms with Crippen LogP contribution in [0.25, 0.3) is 0 Å². The molecular weight excluding hydrogens is 304 g/mol. The lowest BCUT2D eigenvalue weighted by Gasteiger charge is -2.28. The molecule has 1 amide bonds. The van der Waals surface area contributed by atoms with Gasteiger partial charge in [0.15, 0.2) is 0 Å². The molecule has 0 spiro atoms. The summed E-state index contributed by atoms with van der Waals surface area (Å²) in [6.45, 7) is 3.67. The van der Waals surface area contributed by atoms with E-state index in [1.54, 1.807) is 6.20 Å². The van der Waals surface area contributed by atoms with E-state index in [-0.39, 0.29) is 5.91 Å². The molecule has 1 fully saturated rings. The minimum absolute atomic E-state index is 0.0328. The van der Waals surface area contributed by atoms with Gasteiger partial charge >= 0.3 is 0 Å². The molecule has 6 nitrogen and oxygen atoms in total. The zero-order valence-electron chi connectivity index (χ0n) is 13.6. The Kier molecular flexibility index (Phi) is 5.74. The number of nitrogens with zero attached hydrogens (tertiary/aromatic N) is 3. The maximum atomic E-state index is 12.0. The van der Waals surface area contributed by atoms with Crippen LogP contribution < -0.4 is 10.2 Å². The van der Waals surface area contributed by atoms with Crippen LogP contribution >= 0.6 is 0 Å². The predicted molar refractivity (Wildman–Crippen MR) is 91.7 cm³/mol. The van der Waals surface area contributed by atoms with Crippen LogP contribution in [0, 0.1) is 0 Å². The van der Waals surface area contributed by atoms with Gasteiger partial charge in [-0.1, -0.05) is 6.07 Å². The average Bonchev–Trinajstić information content (AvgIpc) is 2.66. The van der Waals surface area contributed by atoms with Crippen molar-refractivity contribution in [1.82, 2.24) is 15.3 Å². The number of hydrogen-bond donors (Lipinski definition) is 1. The molecular formula is C18H22N4O2. The van der Waals surface area contributed by atoms with Crippen molar-refractivity contribution in [3.05, 3.63) is 54.0 Å². The predicted octanol–water partition coefficient (Wildman–Crippen LogP) is 1.56. The van der Waals surface area contributed by atoms with E-state index in [0.717, 1.165) is 43.4 Å². The summed E-state index contributed by atoms with van der Waals surface area (Å²) in [6.07, 6.45) is 4.70. The minimum atomic E-state index is 0.0328. The first kappa shape index (κ1) is 16.4. The van der Waals surface area contributed by atoms with Crippen molar-refractivity contribution in [2.24, 2.45) is 0 Å². The lowest BCUT2D eigenvalue weighted by molar-refractivity contribution is -0.121. The van der Waals surface area contributed by atoms with E-state index in [2.05, 4.69) is 26.3 Å². The number of carbonyl (C=O) groups is 1. The monoisotopic (exact) mass is 326 g/mol. The van der Waals surface area contributed by atoms with Crippen LogP contribution in [0.1, 0.15) is 17.7 Å². The van der Waals surface area contributed by atoms with Crippen molar-refractivity contribution in [2.75, 3.05) is 31.2 Å². The number of hydrogen-bond acceptors (Lipinski definition) is 5. The van der Waals surface area contributed by atoms with E-state index in [1.807, 2.05) is 30.5 Å². The molecule has 2 aromatic rings. The fourth-order valence-electron chi connectivity index (χ4n) is 2.62. The number of ether oxygens (including phenoxy) is 1. The van der Waals surface area contributed by atoms with Gasteiger partial charge in [0.2, 0.25) is 5.91 Å². The highest BCUT2D eigenvalue weighted by Gasteiger charge is 2.12. The van der Waals surface area contributed by atoms with Crippen molar-refractivity contribution in [3.63, 3.8) is 0 Å². The molecule has 1 N–H and O–H groups in total. The fraction of sp³-hybridized carbons (Fsp3) is 0.389. The molecule has 3 heterocycles. The number of aryl methyl sites for hydroxylation is 1. The zero-order chi connectivity index (χ0) is 16.6. The third kappa shape index (κ3) is 4.76. The molecule has 0 bridgehead atoms. The molecule has 0 aromatic carbocycles. The molecule has 24 heavy (non-hydrogen) atoms. The summed E-state index contributed by atoms with van der Waals surface area (Å²) in [5.41, 5.74) is 1.99. The quantitative estimate of drug-likeness (QED) is 0.872. The Bertz CT molecular complexity index is 657. The highest BCUT2D eigenvalue weighted by Crippen LogP contribution is 2.15. The number of nitrogens with one attached hydrogen (secondary N) is 1. The SMILES string of the molecule is O=C(CCc1ccnc(N2CCOCC2)c1)NCc1ccccn1. The Labute approximate surface area is 141 Å². The van der Waals surface area contributed by atoms with Crippen molar-refractivity contribution in [3.8, 4) is 0 Å². The average molecular weight is 326 g/mol. The van der Waals surface area contributed by atoms with Crippen molar-refractivity contribution < 1.29 is 9.53 Å². The van der Waals surface area contributed by atoms with Crippen LogP contribution in [0.3, 0.4) is 0 Å². The van der Waals surface area contributed by atoms with Gasteiger partial charge < -0.3 is 15.0 Å². The summed E-state index contributed by atoms with van der Waals surface area (Å²) in [7, 11) is 0. The first-order valence-electron chi connectivity index (χ1n) is 8.25. The summed E-state index contributed by atoms with van der Waals surface area (Å²) in [6, 6.07) is 9.71. The van der Waals surface area contributed by atoms with E-state index in [1.165, 1.54) is 0 Å². The second-order valence-electron chi connectivity index (χ2n) is 5.72. The highest BCUT2D eigenvalue weighted by molar-refractivity contribution is 5.76. The molecule has 3 rings (SSSR count). The number of amides is 1. The molecule has 1 aliphatic heterocycles. The fourth-order valence-corrected chi connectivity index (χ4v) is 2.62. The summed E-state index contributed by atoms with van der Waals surface area (Å²) in [5, 5.41) is 2.90. The second kappa shape index (κ2) is 8.40. The van der Waals surface area contributed by atoms with Gasteiger partial charge in [0.1, 0.15) is 5.82 Å². The van der Waals surface area contributed by atoms with Gasteiger partial charge in [0, 0.05) is 31.9 Å². The van der Waals surface area contributed by atoms with E-state index in [9.17, 15) is 4.79 Å². The Balaban J connectivity index is 1.48. The number of rotatable bonds is 6. The van der Waals surface area contributed by atoms with Crippen molar-refractivity contribution in [2.45, 2.75) is 19.4 Å². The molecule has 0 atom stereocenters. The number of anilines is 1. The molecule has 6 heteroatoms. The molecule has 1 saturated heterocycles. The minimum Gasteiger partial charge on any atom is -0.378 e. The maximum absolute atomic E-state index is 12.0. The normalized spacial score (nSPS) is 14.4. The summed E-state index contributed by atoms with van der Waals surface area (Å²) >= 11 is 0. The third-order valence-electron chi connectivity index (χ3n) is 3.98. The highest BCUT2D eigenvalue weighted by atomic mass is 16.5. The molecule has 126 valence electrons. The molecule has 2 aromatic heterocycles. The van der Waals surface area contributed by atoms with E-state index in [0.29, 0.717) is 19.4 Å². The Hall–Kier alpha value is -2.47. The first-order valence-corrected chi connectivity index (χ1v) is 8.25. The van der Waals surface area contributed by atoms with Crippen molar-refractivity contribution >= 4 is 11.7 Å². The summed E-state index contributed by atoms with van der Waals surface area (Å²) < 4.78 is 5.37. The molecule has 0 aliphatic carbocycles. The van der Waals surface area contributed by atoms with Gasteiger partial charge in [0.05, 0.1) is 25.5 Å². The van der Waals surface area contributed by atoms with Gasteiger partial charge in [-0.3, -0.25) is 9.78 Å². The molecule has 0 saturated carbocycles. The van der Waals surface area contributed by atoms with Crippen LogP contribution in [0.15, 0.2) is 42.7 Å². The standard InChI is InChI=1S/C18H22N4O2/c23-18(21-14-16-3-1-2-7-19-16)5-4-15-6-8-20-17(13-15)22-9-11-24-12-10-22/h1-3,6-8,13H,4-5,9-12,14H2,(H,21,23). The first-order chi connectivity index (χ1) is 11.8. The van der Waals surface area contributed by atoms with Gasteiger partial charge in [-0.2, -0.15) is 0 Å². The van der Waals surface area contributed by atoms with E-state index < -0.39 is 0 Å². The lowest BCUT2D eigenvalue weighted by atomic mass is 10.1. The van der Waals surface area contributed by atoms with E-state index >= 15 is 0 Å². The van der Waals surface area contributed by atoms with Crippen LogP contribution in [0.4, 0.5) is 5.82 Å². The maximum Gasteiger partial charge on any atom is 0.220 e. The topological polar surface area (TPSA) is 67.4 Å². The Morgan fingerprint density at radius 3 is 2.83 bits per heavy atom. The zero-order valence-corrected chi connectivity index (χ0v) is 13.6. The summed E-state index contributed by atoms with van der Waals surface area (Å²) in [5.74, 6) is 0.995. The molecule has 1 aliphatic rings. The van der Waals surface area contributed by atoms with Crippen LogP contribution in [0.2, 0.25) is 0 Å². The van der Waals surface area contributed by atoms with Gasteiger partial charge in [-0.25, -0.2) is 4.98 Å². The number of aromatic nitrogens is 2. The Morgan fingerprint density at radius 2 is 2.04 bits per heavy atom. The number of carbonyl (C=O) groups excluding carboxylic acids is 1. The van der Waals surface area contributed by atoms with E-state index in [4.69, 9.17) is 4.74 Å². The summed E-state index contributed by atoms with van der Waals surface area (Å²) in [4.78, 5) is 22.8. The smallest absolute Gasteiger partial charge is 0.220 e. The largest absolute Gasteiger partial charge is 0.378 e. The molecule has 0 unspecified atom stereocenters.